The first kappa shape index (κ1) is 15.9. The molecular weight excluding hydrogens is 262 g/mol. The Balaban J connectivity index is 1.96. The van der Waals surface area contributed by atoms with Gasteiger partial charge in [0.2, 0.25) is 0 Å². The molecule has 1 saturated carbocycles. The van der Waals surface area contributed by atoms with Gasteiger partial charge < -0.3 is 5.73 Å². The molecule has 1 aromatic rings. The van der Waals surface area contributed by atoms with Crippen molar-refractivity contribution in [1.29, 1.82) is 0 Å². The predicted octanol–water partition coefficient (Wildman–Crippen LogP) is 5.20. The van der Waals surface area contributed by atoms with Crippen molar-refractivity contribution in [3.63, 3.8) is 0 Å². The minimum atomic E-state index is 0.373. The zero-order valence-electron chi connectivity index (χ0n) is 13.1. The average molecular weight is 292 g/mol. The third-order valence-electron chi connectivity index (χ3n) is 4.48. The number of hydrogen-bond acceptors (Lipinski definition) is 2. The molecule has 1 aliphatic carbocycles. The summed E-state index contributed by atoms with van der Waals surface area (Å²) >= 11 is 2.00. The standard InChI is InChI=1S/C18H29NS/c1-4-5-14-6-11-17(19)18(12-14)20-16-9-7-15(8-10-16)13(2)3/h7-10,13-14,17-18H,4-6,11-12,19H2,1-3H3. The van der Waals surface area contributed by atoms with E-state index in [1.165, 1.54) is 42.6 Å². The SMILES string of the molecule is CCCC1CCC(N)C(Sc2ccc(C(C)C)cc2)C1. The predicted molar refractivity (Wildman–Crippen MR) is 90.4 cm³/mol. The Labute approximate surface area is 128 Å². The largest absolute Gasteiger partial charge is 0.327 e. The lowest BCUT2D eigenvalue weighted by Crippen LogP contribution is -2.38. The van der Waals surface area contributed by atoms with Crippen molar-refractivity contribution in [2.75, 3.05) is 0 Å². The van der Waals surface area contributed by atoms with Crippen molar-refractivity contribution in [3.05, 3.63) is 29.8 Å². The van der Waals surface area contributed by atoms with E-state index in [-0.39, 0.29) is 0 Å². The average Bonchev–Trinajstić information content (AvgIpc) is 2.43. The zero-order valence-corrected chi connectivity index (χ0v) is 14.0. The Hall–Kier alpha value is -0.470. The van der Waals surface area contributed by atoms with E-state index in [2.05, 4.69) is 45.0 Å². The van der Waals surface area contributed by atoms with Crippen LogP contribution in [0.3, 0.4) is 0 Å². The lowest BCUT2D eigenvalue weighted by molar-refractivity contribution is 0.317. The first-order chi connectivity index (χ1) is 9.60. The summed E-state index contributed by atoms with van der Waals surface area (Å²) in [5.41, 5.74) is 7.76. The molecule has 0 saturated heterocycles. The van der Waals surface area contributed by atoms with Crippen LogP contribution in [0.25, 0.3) is 0 Å². The highest BCUT2D eigenvalue weighted by molar-refractivity contribution is 8.00. The molecule has 0 amide bonds. The molecule has 1 aliphatic rings. The second-order valence-corrected chi connectivity index (χ2v) is 7.82. The molecule has 2 heteroatoms. The third kappa shape index (κ3) is 4.26. The summed E-state index contributed by atoms with van der Waals surface area (Å²) in [5.74, 6) is 1.51. The molecule has 0 spiro atoms. The van der Waals surface area contributed by atoms with Crippen LogP contribution in [0, 0.1) is 5.92 Å². The molecule has 1 aromatic carbocycles. The summed E-state index contributed by atoms with van der Waals surface area (Å²) in [4.78, 5) is 1.38. The summed E-state index contributed by atoms with van der Waals surface area (Å²) in [6, 6.07) is 9.46. The van der Waals surface area contributed by atoms with Gasteiger partial charge in [0.1, 0.15) is 0 Å². The van der Waals surface area contributed by atoms with Gasteiger partial charge in [0.25, 0.3) is 0 Å². The summed E-state index contributed by atoms with van der Waals surface area (Å²) in [6.45, 7) is 6.78. The van der Waals surface area contributed by atoms with Crippen molar-refractivity contribution in [2.45, 2.75) is 75.0 Å². The van der Waals surface area contributed by atoms with Gasteiger partial charge in [-0.1, -0.05) is 45.7 Å². The fourth-order valence-electron chi connectivity index (χ4n) is 3.15. The minimum Gasteiger partial charge on any atom is -0.327 e. The van der Waals surface area contributed by atoms with E-state index in [0.29, 0.717) is 17.2 Å². The quantitative estimate of drug-likeness (QED) is 0.807. The third-order valence-corrected chi connectivity index (χ3v) is 5.87. The van der Waals surface area contributed by atoms with Gasteiger partial charge in [0.15, 0.2) is 0 Å². The lowest BCUT2D eigenvalue weighted by atomic mass is 9.83. The van der Waals surface area contributed by atoms with E-state index in [0.717, 1.165) is 5.92 Å². The fraction of sp³-hybridized carbons (Fsp3) is 0.667. The van der Waals surface area contributed by atoms with E-state index >= 15 is 0 Å². The van der Waals surface area contributed by atoms with Crippen molar-refractivity contribution in [2.24, 2.45) is 11.7 Å². The molecule has 3 atom stereocenters. The van der Waals surface area contributed by atoms with Gasteiger partial charge in [-0.15, -0.1) is 11.8 Å². The van der Waals surface area contributed by atoms with Crippen LogP contribution in [0.5, 0.6) is 0 Å². The summed E-state index contributed by atoms with van der Waals surface area (Å²) in [7, 11) is 0. The highest BCUT2D eigenvalue weighted by Crippen LogP contribution is 2.37. The molecule has 0 aromatic heterocycles. The van der Waals surface area contributed by atoms with Gasteiger partial charge in [0.05, 0.1) is 0 Å². The van der Waals surface area contributed by atoms with Gasteiger partial charge in [0, 0.05) is 16.2 Å². The molecule has 1 nitrogen and oxygen atoms in total. The fourth-order valence-corrected chi connectivity index (χ4v) is 4.47. The van der Waals surface area contributed by atoms with E-state index < -0.39 is 0 Å². The van der Waals surface area contributed by atoms with Crippen LogP contribution in [-0.4, -0.2) is 11.3 Å². The molecule has 0 radical (unpaired) electrons. The molecule has 2 N–H and O–H groups in total. The second kappa shape index (κ2) is 7.51. The molecule has 0 bridgehead atoms. The van der Waals surface area contributed by atoms with Crippen LogP contribution in [0.4, 0.5) is 0 Å². The molecule has 0 aliphatic heterocycles. The Morgan fingerprint density at radius 2 is 1.90 bits per heavy atom. The van der Waals surface area contributed by atoms with E-state index in [1.807, 2.05) is 11.8 Å². The van der Waals surface area contributed by atoms with Crippen LogP contribution in [0.15, 0.2) is 29.2 Å². The summed E-state index contributed by atoms with van der Waals surface area (Å²) in [5, 5.41) is 0.602. The minimum absolute atomic E-state index is 0.373. The number of benzene rings is 1. The highest BCUT2D eigenvalue weighted by Gasteiger charge is 2.28. The van der Waals surface area contributed by atoms with Crippen molar-refractivity contribution in [3.8, 4) is 0 Å². The van der Waals surface area contributed by atoms with Gasteiger partial charge >= 0.3 is 0 Å². The monoisotopic (exact) mass is 291 g/mol. The number of thioether (sulfide) groups is 1. The maximum Gasteiger partial charge on any atom is 0.0248 e. The van der Waals surface area contributed by atoms with Crippen molar-refractivity contribution < 1.29 is 0 Å². The molecule has 112 valence electrons. The summed E-state index contributed by atoms with van der Waals surface area (Å²) in [6.07, 6.45) is 6.51. The number of hydrogen-bond donors (Lipinski definition) is 1. The number of nitrogens with two attached hydrogens (primary N) is 1. The van der Waals surface area contributed by atoms with Crippen LogP contribution in [-0.2, 0) is 0 Å². The van der Waals surface area contributed by atoms with E-state index in [4.69, 9.17) is 5.73 Å². The van der Waals surface area contributed by atoms with Crippen LogP contribution < -0.4 is 5.73 Å². The van der Waals surface area contributed by atoms with E-state index in [1.54, 1.807) is 0 Å². The molecule has 20 heavy (non-hydrogen) atoms. The van der Waals surface area contributed by atoms with Crippen molar-refractivity contribution >= 4 is 11.8 Å². The topological polar surface area (TPSA) is 26.0 Å². The first-order valence-electron chi connectivity index (χ1n) is 8.12. The Morgan fingerprint density at radius 1 is 1.20 bits per heavy atom. The summed E-state index contributed by atoms with van der Waals surface area (Å²) < 4.78 is 0. The molecule has 2 rings (SSSR count). The maximum atomic E-state index is 6.34. The Kier molecular flexibility index (Phi) is 5.98. The first-order valence-corrected chi connectivity index (χ1v) is 9.00. The normalized spacial score (nSPS) is 26.9. The van der Waals surface area contributed by atoms with Gasteiger partial charge in [-0.2, -0.15) is 0 Å². The highest BCUT2D eigenvalue weighted by atomic mass is 32.2. The molecule has 0 heterocycles. The Morgan fingerprint density at radius 3 is 2.50 bits per heavy atom. The molecular formula is C18H29NS. The van der Waals surface area contributed by atoms with Gasteiger partial charge in [-0.05, 0) is 48.8 Å². The van der Waals surface area contributed by atoms with E-state index in [9.17, 15) is 0 Å². The maximum absolute atomic E-state index is 6.34. The van der Waals surface area contributed by atoms with Gasteiger partial charge in [-0.25, -0.2) is 0 Å². The smallest absolute Gasteiger partial charge is 0.0248 e. The lowest BCUT2D eigenvalue weighted by Gasteiger charge is -2.33. The van der Waals surface area contributed by atoms with Gasteiger partial charge in [-0.3, -0.25) is 0 Å². The van der Waals surface area contributed by atoms with Crippen LogP contribution in [0.1, 0.15) is 64.4 Å². The van der Waals surface area contributed by atoms with Crippen LogP contribution in [0.2, 0.25) is 0 Å². The van der Waals surface area contributed by atoms with Crippen LogP contribution >= 0.6 is 11.8 Å². The number of rotatable bonds is 5. The molecule has 1 fully saturated rings. The Bertz CT molecular complexity index is 398. The second-order valence-electron chi connectivity index (χ2n) is 6.51. The molecule has 3 unspecified atom stereocenters. The van der Waals surface area contributed by atoms with Crippen molar-refractivity contribution in [1.82, 2.24) is 0 Å². The zero-order chi connectivity index (χ0) is 14.5.